The first-order chi connectivity index (χ1) is 9.77. The van der Waals surface area contributed by atoms with E-state index in [1.54, 1.807) is 0 Å². The van der Waals surface area contributed by atoms with Crippen LogP contribution >= 0.6 is 15.9 Å². The standard InChI is InChI=1S/C14H8BrF3O3/c15-8-1-4-10(11(7-8)14(16,17)18)12-5-2-9(21-12)3-6-13(19)20/h1-7H,(H,19,20)/b6-3+. The molecule has 1 heterocycles. The van der Waals surface area contributed by atoms with Crippen LogP contribution in [0.25, 0.3) is 17.4 Å². The molecule has 0 radical (unpaired) electrons. The summed E-state index contributed by atoms with van der Waals surface area (Å²) in [4.78, 5) is 10.4. The molecule has 110 valence electrons. The fourth-order valence-electron chi connectivity index (χ4n) is 1.71. The lowest BCUT2D eigenvalue weighted by molar-refractivity contribution is -0.137. The van der Waals surface area contributed by atoms with E-state index in [1.165, 1.54) is 24.3 Å². The quantitative estimate of drug-likeness (QED) is 0.797. The summed E-state index contributed by atoms with van der Waals surface area (Å²) in [5, 5.41) is 8.50. The molecule has 0 saturated heterocycles. The molecule has 0 bridgehead atoms. The molecule has 1 aromatic carbocycles. The topological polar surface area (TPSA) is 50.4 Å². The molecule has 1 aromatic heterocycles. The van der Waals surface area contributed by atoms with Crippen molar-refractivity contribution in [3.8, 4) is 11.3 Å². The van der Waals surface area contributed by atoms with E-state index >= 15 is 0 Å². The molecule has 0 spiro atoms. The molecule has 1 N–H and O–H groups in total. The maximum absolute atomic E-state index is 13.0. The van der Waals surface area contributed by atoms with E-state index in [-0.39, 0.29) is 17.1 Å². The van der Waals surface area contributed by atoms with Crippen molar-refractivity contribution in [1.29, 1.82) is 0 Å². The Morgan fingerprint density at radius 3 is 2.57 bits per heavy atom. The first-order valence-electron chi connectivity index (χ1n) is 5.65. The third-order valence-electron chi connectivity index (χ3n) is 2.57. The third kappa shape index (κ3) is 3.75. The van der Waals surface area contributed by atoms with Gasteiger partial charge in [-0.25, -0.2) is 4.79 Å². The van der Waals surface area contributed by atoms with Crippen LogP contribution in [-0.2, 0) is 11.0 Å². The van der Waals surface area contributed by atoms with Gasteiger partial charge in [0.1, 0.15) is 11.5 Å². The minimum absolute atomic E-state index is 0.0138. The summed E-state index contributed by atoms with van der Waals surface area (Å²) in [5.74, 6) is -1.00. The minimum Gasteiger partial charge on any atom is -0.478 e. The smallest absolute Gasteiger partial charge is 0.417 e. The molecule has 0 unspecified atom stereocenters. The number of carboxylic acids is 1. The van der Waals surface area contributed by atoms with Gasteiger partial charge in [0.2, 0.25) is 0 Å². The van der Waals surface area contributed by atoms with E-state index < -0.39 is 17.7 Å². The Hall–Kier alpha value is -2.02. The van der Waals surface area contributed by atoms with Crippen molar-refractivity contribution in [2.24, 2.45) is 0 Å². The van der Waals surface area contributed by atoms with E-state index in [0.29, 0.717) is 4.47 Å². The molecule has 2 aromatic rings. The first-order valence-corrected chi connectivity index (χ1v) is 6.44. The van der Waals surface area contributed by atoms with Crippen molar-refractivity contribution in [1.82, 2.24) is 0 Å². The number of carboxylic acid groups (broad SMARTS) is 1. The van der Waals surface area contributed by atoms with Gasteiger partial charge in [-0.05, 0) is 36.4 Å². The largest absolute Gasteiger partial charge is 0.478 e. The molecule has 2 rings (SSSR count). The number of aliphatic carboxylic acids is 1. The number of rotatable bonds is 3. The summed E-state index contributed by atoms with van der Waals surface area (Å²) in [5.41, 5.74) is -0.944. The third-order valence-corrected chi connectivity index (χ3v) is 3.06. The molecule has 7 heteroatoms. The van der Waals surface area contributed by atoms with Crippen molar-refractivity contribution >= 4 is 28.0 Å². The zero-order valence-electron chi connectivity index (χ0n) is 10.3. The fraction of sp³-hybridized carbons (Fsp3) is 0.0714. The van der Waals surface area contributed by atoms with E-state index in [9.17, 15) is 18.0 Å². The fourth-order valence-corrected chi connectivity index (χ4v) is 2.07. The highest BCUT2D eigenvalue weighted by Crippen LogP contribution is 2.39. The number of alkyl halides is 3. The van der Waals surface area contributed by atoms with Gasteiger partial charge in [0.25, 0.3) is 0 Å². The normalized spacial score (nSPS) is 12.0. The number of benzene rings is 1. The first kappa shape index (κ1) is 15.4. The van der Waals surface area contributed by atoms with Crippen molar-refractivity contribution in [3.05, 3.63) is 52.2 Å². The lowest BCUT2D eigenvalue weighted by Crippen LogP contribution is -2.06. The van der Waals surface area contributed by atoms with Gasteiger partial charge in [-0.1, -0.05) is 15.9 Å². The Kier molecular flexibility index (Phi) is 4.22. The van der Waals surface area contributed by atoms with Crippen LogP contribution in [-0.4, -0.2) is 11.1 Å². The molecule has 0 amide bonds. The van der Waals surface area contributed by atoms with Crippen LogP contribution in [0, 0.1) is 0 Å². The molecule has 0 fully saturated rings. The van der Waals surface area contributed by atoms with Gasteiger partial charge in [0.05, 0.1) is 5.56 Å². The molecular formula is C14H8BrF3O3. The second-order valence-corrected chi connectivity index (χ2v) is 4.98. The molecular weight excluding hydrogens is 353 g/mol. The average molecular weight is 361 g/mol. The molecule has 0 saturated carbocycles. The Bertz CT molecular complexity index is 702. The Balaban J connectivity index is 2.45. The van der Waals surface area contributed by atoms with Gasteiger partial charge >= 0.3 is 12.1 Å². The highest BCUT2D eigenvalue weighted by Gasteiger charge is 2.34. The molecule has 0 aliphatic rings. The van der Waals surface area contributed by atoms with Gasteiger partial charge in [-0.2, -0.15) is 13.2 Å². The summed E-state index contributed by atoms with van der Waals surface area (Å²) in [6.45, 7) is 0. The number of carbonyl (C=O) groups is 1. The van der Waals surface area contributed by atoms with Crippen LogP contribution in [0.15, 0.2) is 45.3 Å². The minimum atomic E-state index is -4.52. The number of halogens is 4. The SMILES string of the molecule is O=C(O)/C=C/c1ccc(-c2ccc(Br)cc2C(F)(F)F)o1. The zero-order valence-corrected chi connectivity index (χ0v) is 11.9. The summed E-state index contributed by atoms with van der Waals surface area (Å²) < 4.78 is 44.6. The van der Waals surface area contributed by atoms with Crippen LogP contribution in [0.5, 0.6) is 0 Å². The van der Waals surface area contributed by atoms with E-state index in [4.69, 9.17) is 9.52 Å². The van der Waals surface area contributed by atoms with E-state index in [2.05, 4.69) is 15.9 Å². The van der Waals surface area contributed by atoms with Gasteiger partial charge in [0, 0.05) is 16.1 Å². The lowest BCUT2D eigenvalue weighted by atomic mass is 10.1. The Labute approximate surface area is 125 Å². The number of hydrogen-bond acceptors (Lipinski definition) is 2. The summed E-state index contributed by atoms with van der Waals surface area (Å²) in [7, 11) is 0. The summed E-state index contributed by atoms with van der Waals surface area (Å²) in [6, 6.07) is 6.48. The van der Waals surface area contributed by atoms with E-state index in [1.807, 2.05) is 0 Å². The van der Waals surface area contributed by atoms with Crippen molar-refractivity contribution in [3.63, 3.8) is 0 Å². The highest BCUT2D eigenvalue weighted by molar-refractivity contribution is 9.10. The van der Waals surface area contributed by atoms with E-state index in [0.717, 1.165) is 18.2 Å². The summed E-state index contributed by atoms with van der Waals surface area (Å²) in [6.07, 6.45) is -2.52. The molecule has 0 aliphatic carbocycles. The molecule has 21 heavy (non-hydrogen) atoms. The summed E-state index contributed by atoms with van der Waals surface area (Å²) >= 11 is 3.00. The highest BCUT2D eigenvalue weighted by atomic mass is 79.9. The van der Waals surface area contributed by atoms with Crippen molar-refractivity contribution < 1.29 is 27.5 Å². The van der Waals surface area contributed by atoms with Crippen molar-refractivity contribution in [2.75, 3.05) is 0 Å². The molecule has 0 atom stereocenters. The van der Waals surface area contributed by atoms with Crippen LogP contribution in [0.1, 0.15) is 11.3 Å². The predicted octanol–water partition coefficient (Wildman–Crippen LogP) is 4.83. The van der Waals surface area contributed by atoms with Gasteiger partial charge in [0.15, 0.2) is 0 Å². The Morgan fingerprint density at radius 1 is 1.24 bits per heavy atom. The molecule has 0 aliphatic heterocycles. The van der Waals surface area contributed by atoms with Crippen LogP contribution in [0.2, 0.25) is 0 Å². The maximum atomic E-state index is 13.0. The Morgan fingerprint density at radius 2 is 1.95 bits per heavy atom. The predicted molar refractivity (Wildman–Crippen MR) is 73.5 cm³/mol. The van der Waals surface area contributed by atoms with Crippen LogP contribution in [0.4, 0.5) is 13.2 Å². The zero-order chi connectivity index (χ0) is 15.6. The van der Waals surface area contributed by atoms with Gasteiger partial charge < -0.3 is 9.52 Å². The van der Waals surface area contributed by atoms with Crippen LogP contribution in [0.3, 0.4) is 0 Å². The van der Waals surface area contributed by atoms with Gasteiger partial charge in [-0.3, -0.25) is 0 Å². The average Bonchev–Trinajstić information content (AvgIpc) is 2.84. The maximum Gasteiger partial charge on any atom is 0.417 e. The lowest BCUT2D eigenvalue weighted by Gasteiger charge is -2.11. The van der Waals surface area contributed by atoms with Crippen LogP contribution < -0.4 is 0 Å². The molecule has 3 nitrogen and oxygen atoms in total. The number of furan rings is 1. The van der Waals surface area contributed by atoms with Crippen molar-refractivity contribution in [2.45, 2.75) is 6.18 Å². The second kappa shape index (κ2) is 5.77. The number of hydrogen-bond donors (Lipinski definition) is 1. The second-order valence-electron chi connectivity index (χ2n) is 4.06. The van der Waals surface area contributed by atoms with Gasteiger partial charge in [-0.15, -0.1) is 0 Å². The monoisotopic (exact) mass is 360 g/mol.